The van der Waals surface area contributed by atoms with Crippen LogP contribution in [0.1, 0.15) is 25.0 Å². The molecule has 0 aliphatic heterocycles. The van der Waals surface area contributed by atoms with E-state index in [9.17, 15) is 13.9 Å². The fourth-order valence-corrected chi connectivity index (χ4v) is 1.52. The summed E-state index contributed by atoms with van der Waals surface area (Å²) in [7, 11) is 0. The lowest BCUT2D eigenvalue weighted by Gasteiger charge is -2.12. The van der Waals surface area contributed by atoms with E-state index in [2.05, 4.69) is 5.32 Å². The highest BCUT2D eigenvalue weighted by Crippen LogP contribution is 2.15. The lowest BCUT2D eigenvalue weighted by molar-refractivity contribution is 0.140. The molecular weight excluding hydrogens is 240 g/mol. The molecule has 0 amide bonds. The first kappa shape index (κ1) is 15.0. The van der Waals surface area contributed by atoms with E-state index >= 15 is 0 Å². The van der Waals surface area contributed by atoms with Crippen molar-refractivity contribution in [3.8, 4) is 0 Å². The summed E-state index contributed by atoms with van der Waals surface area (Å²) < 4.78 is 30.8. The molecule has 0 heterocycles. The van der Waals surface area contributed by atoms with Crippen molar-refractivity contribution in [3.63, 3.8) is 0 Å². The van der Waals surface area contributed by atoms with Crippen LogP contribution in [0.25, 0.3) is 0 Å². The maximum atomic E-state index is 12.9. The van der Waals surface area contributed by atoms with Crippen molar-refractivity contribution in [2.75, 3.05) is 26.3 Å². The molecule has 0 radical (unpaired) electrons. The van der Waals surface area contributed by atoms with Gasteiger partial charge in [0.05, 0.1) is 6.10 Å². The van der Waals surface area contributed by atoms with E-state index in [-0.39, 0.29) is 0 Å². The van der Waals surface area contributed by atoms with Crippen LogP contribution in [0.4, 0.5) is 8.78 Å². The lowest BCUT2D eigenvalue weighted by Crippen LogP contribution is -2.23. The van der Waals surface area contributed by atoms with Gasteiger partial charge in [0.1, 0.15) is 0 Å². The van der Waals surface area contributed by atoms with Crippen LogP contribution in [0, 0.1) is 11.6 Å². The fourth-order valence-electron chi connectivity index (χ4n) is 1.52. The first-order chi connectivity index (χ1) is 8.65. The van der Waals surface area contributed by atoms with Crippen LogP contribution in [0.3, 0.4) is 0 Å². The van der Waals surface area contributed by atoms with Crippen LogP contribution in [-0.4, -0.2) is 31.4 Å². The van der Waals surface area contributed by atoms with Crippen molar-refractivity contribution in [3.05, 3.63) is 35.4 Å². The largest absolute Gasteiger partial charge is 0.387 e. The molecule has 0 aliphatic carbocycles. The van der Waals surface area contributed by atoms with Gasteiger partial charge >= 0.3 is 0 Å². The van der Waals surface area contributed by atoms with Crippen molar-refractivity contribution >= 4 is 0 Å². The van der Waals surface area contributed by atoms with E-state index in [1.165, 1.54) is 6.07 Å². The zero-order chi connectivity index (χ0) is 13.4. The van der Waals surface area contributed by atoms with Gasteiger partial charge in [0, 0.05) is 19.8 Å². The molecule has 1 rings (SSSR count). The average Bonchev–Trinajstić information content (AvgIpc) is 2.36. The van der Waals surface area contributed by atoms with Gasteiger partial charge in [0.2, 0.25) is 0 Å². The topological polar surface area (TPSA) is 41.5 Å². The Balaban J connectivity index is 2.27. The second-order valence-electron chi connectivity index (χ2n) is 3.94. The van der Waals surface area contributed by atoms with E-state index in [1.807, 2.05) is 6.92 Å². The summed E-state index contributed by atoms with van der Waals surface area (Å²) >= 11 is 0. The SMILES string of the molecule is CCOCCCNCC(O)c1ccc(F)c(F)c1. The standard InChI is InChI=1S/C13H19F2NO2/c1-2-18-7-3-6-16-9-13(17)10-4-5-11(14)12(15)8-10/h4-5,8,13,16-17H,2-3,6-7,9H2,1H3. The van der Waals surface area contributed by atoms with E-state index in [4.69, 9.17) is 4.74 Å². The zero-order valence-electron chi connectivity index (χ0n) is 10.5. The predicted molar refractivity (Wildman–Crippen MR) is 65.3 cm³/mol. The van der Waals surface area contributed by atoms with Crippen LogP contribution < -0.4 is 5.32 Å². The Morgan fingerprint density at radius 2 is 2.11 bits per heavy atom. The summed E-state index contributed by atoms with van der Waals surface area (Å²) in [6.07, 6.45) is 0.00501. The molecule has 5 heteroatoms. The van der Waals surface area contributed by atoms with Gasteiger partial charge in [-0.3, -0.25) is 0 Å². The molecule has 0 saturated heterocycles. The molecule has 1 unspecified atom stereocenters. The highest BCUT2D eigenvalue weighted by Gasteiger charge is 2.10. The lowest BCUT2D eigenvalue weighted by atomic mass is 10.1. The smallest absolute Gasteiger partial charge is 0.159 e. The van der Waals surface area contributed by atoms with Gasteiger partial charge in [0.25, 0.3) is 0 Å². The van der Waals surface area contributed by atoms with Crippen molar-refractivity contribution < 1.29 is 18.6 Å². The molecule has 0 bridgehead atoms. The Morgan fingerprint density at radius 3 is 2.78 bits per heavy atom. The van der Waals surface area contributed by atoms with Crippen molar-refractivity contribution in [1.82, 2.24) is 5.32 Å². The van der Waals surface area contributed by atoms with Crippen LogP contribution >= 0.6 is 0 Å². The minimum atomic E-state index is -0.942. The summed E-state index contributed by atoms with van der Waals surface area (Å²) in [5, 5.41) is 12.8. The molecule has 1 aromatic rings. The van der Waals surface area contributed by atoms with E-state index in [1.54, 1.807) is 0 Å². The highest BCUT2D eigenvalue weighted by atomic mass is 19.2. The third-order valence-corrected chi connectivity index (χ3v) is 2.51. The Morgan fingerprint density at radius 1 is 1.33 bits per heavy atom. The van der Waals surface area contributed by atoms with Gasteiger partial charge in [-0.15, -0.1) is 0 Å². The number of hydrogen-bond acceptors (Lipinski definition) is 3. The molecule has 0 saturated carbocycles. The second kappa shape index (κ2) is 8.13. The Labute approximate surface area is 106 Å². The Kier molecular flexibility index (Phi) is 6.78. The molecule has 0 aromatic heterocycles. The Hall–Kier alpha value is -1.04. The molecule has 102 valence electrons. The van der Waals surface area contributed by atoms with Crippen molar-refractivity contribution in [1.29, 1.82) is 0 Å². The van der Waals surface area contributed by atoms with Crippen LogP contribution in [0.2, 0.25) is 0 Å². The second-order valence-corrected chi connectivity index (χ2v) is 3.94. The molecule has 1 aromatic carbocycles. The summed E-state index contributed by atoms with van der Waals surface area (Å²) in [6.45, 7) is 4.31. The number of aliphatic hydroxyl groups excluding tert-OH is 1. The normalized spacial score (nSPS) is 12.7. The van der Waals surface area contributed by atoms with Crippen LogP contribution in [0.5, 0.6) is 0 Å². The fraction of sp³-hybridized carbons (Fsp3) is 0.538. The third-order valence-electron chi connectivity index (χ3n) is 2.51. The van der Waals surface area contributed by atoms with E-state index in [0.29, 0.717) is 31.9 Å². The first-order valence-electron chi connectivity index (χ1n) is 6.06. The van der Waals surface area contributed by atoms with Crippen molar-refractivity contribution in [2.24, 2.45) is 0 Å². The van der Waals surface area contributed by atoms with Gasteiger partial charge in [0.15, 0.2) is 11.6 Å². The number of halogens is 2. The number of nitrogens with one attached hydrogen (secondary N) is 1. The molecule has 18 heavy (non-hydrogen) atoms. The Bertz CT molecular complexity index is 361. The van der Waals surface area contributed by atoms with Gasteiger partial charge in [-0.1, -0.05) is 6.07 Å². The number of ether oxygens (including phenoxy) is 1. The summed E-state index contributed by atoms with van der Waals surface area (Å²) in [6, 6.07) is 3.41. The monoisotopic (exact) mass is 259 g/mol. The average molecular weight is 259 g/mol. The van der Waals surface area contributed by atoms with Crippen LogP contribution in [0.15, 0.2) is 18.2 Å². The minimum absolute atomic E-state index is 0.303. The summed E-state index contributed by atoms with van der Waals surface area (Å²) in [5.74, 6) is -1.85. The van der Waals surface area contributed by atoms with Crippen molar-refractivity contribution in [2.45, 2.75) is 19.4 Å². The van der Waals surface area contributed by atoms with Crippen LogP contribution in [-0.2, 0) is 4.74 Å². The third kappa shape index (κ3) is 5.08. The number of benzene rings is 1. The first-order valence-corrected chi connectivity index (χ1v) is 6.06. The molecule has 2 N–H and O–H groups in total. The number of rotatable bonds is 8. The maximum Gasteiger partial charge on any atom is 0.159 e. The van der Waals surface area contributed by atoms with Gasteiger partial charge in [-0.05, 0) is 37.6 Å². The quantitative estimate of drug-likeness (QED) is 0.702. The molecule has 3 nitrogen and oxygen atoms in total. The molecule has 0 spiro atoms. The number of hydrogen-bond donors (Lipinski definition) is 2. The molecule has 1 atom stereocenters. The highest BCUT2D eigenvalue weighted by molar-refractivity contribution is 5.20. The zero-order valence-corrected chi connectivity index (χ0v) is 10.5. The molecule has 0 aliphatic rings. The minimum Gasteiger partial charge on any atom is -0.387 e. The van der Waals surface area contributed by atoms with E-state index in [0.717, 1.165) is 18.6 Å². The molecular formula is C13H19F2NO2. The van der Waals surface area contributed by atoms with Gasteiger partial charge in [-0.2, -0.15) is 0 Å². The predicted octanol–water partition coefficient (Wildman–Crippen LogP) is 2.01. The van der Waals surface area contributed by atoms with E-state index < -0.39 is 17.7 Å². The molecule has 0 fully saturated rings. The summed E-state index contributed by atoms with van der Waals surface area (Å²) in [4.78, 5) is 0. The van der Waals surface area contributed by atoms with Gasteiger partial charge in [-0.25, -0.2) is 8.78 Å². The summed E-state index contributed by atoms with van der Waals surface area (Å²) in [5.41, 5.74) is 0.367. The maximum absolute atomic E-state index is 12.9. The number of aliphatic hydroxyl groups is 1. The van der Waals surface area contributed by atoms with Gasteiger partial charge < -0.3 is 15.2 Å².